The van der Waals surface area contributed by atoms with Gasteiger partial charge in [-0.05, 0) is 64.9 Å². The van der Waals surface area contributed by atoms with Gasteiger partial charge in [0.15, 0.2) is 0 Å². The molecule has 0 saturated carbocycles. The second-order valence-electron chi connectivity index (χ2n) is 7.80. The highest BCUT2D eigenvalue weighted by Crippen LogP contribution is 2.35. The van der Waals surface area contributed by atoms with Crippen molar-refractivity contribution in [2.75, 3.05) is 13.7 Å². The van der Waals surface area contributed by atoms with E-state index in [2.05, 4.69) is 48.6 Å². The number of nitrogens with one attached hydrogen (secondary N) is 1. The molecule has 0 bridgehead atoms. The fourth-order valence-corrected chi connectivity index (χ4v) is 3.76. The Morgan fingerprint density at radius 3 is 2.06 bits per heavy atom. The molecule has 1 amide bonds. The number of rotatable bonds is 9. The lowest BCUT2D eigenvalue weighted by molar-refractivity contribution is -0.124. The van der Waals surface area contributed by atoms with Crippen molar-refractivity contribution in [1.82, 2.24) is 5.32 Å². The van der Waals surface area contributed by atoms with E-state index in [-0.39, 0.29) is 17.6 Å². The SMILES string of the molecule is CC/C(=C(\c1ccc(O)cc1)c1ccc(OCCC(C)C(=O)NC)cc1)c1ccccc1. The summed E-state index contributed by atoms with van der Waals surface area (Å²) in [5.74, 6) is 0.975. The highest BCUT2D eigenvalue weighted by atomic mass is 16.5. The van der Waals surface area contributed by atoms with Crippen LogP contribution in [0.5, 0.6) is 11.5 Å². The monoisotopic (exact) mass is 429 g/mol. The molecule has 0 spiro atoms. The Hall–Kier alpha value is -3.53. The summed E-state index contributed by atoms with van der Waals surface area (Å²) in [6.07, 6.45) is 1.53. The van der Waals surface area contributed by atoms with E-state index < -0.39 is 0 Å². The average Bonchev–Trinajstić information content (AvgIpc) is 2.83. The zero-order valence-electron chi connectivity index (χ0n) is 19.0. The minimum Gasteiger partial charge on any atom is -0.508 e. The number of hydrogen-bond acceptors (Lipinski definition) is 3. The average molecular weight is 430 g/mol. The molecule has 3 rings (SSSR count). The van der Waals surface area contributed by atoms with E-state index in [1.165, 1.54) is 11.1 Å². The van der Waals surface area contributed by atoms with E-state index in [0.717, 1.165) is 28.9 Å². The lowest BCUT2D eigenvalue weighted by atomic mass is 9.88. The Bertz CT molecular complexity index is 1040. The van der Waals surface area contributed by atoms with Gasteiger partial charge in [-0.1, -0.05) is 68.4 Å². The van der Waals surface area contributed by atoms with E-state index in [1.807, 2.05) is 37.3 Å². The van der Waals surface area contributed by atoms with Gasteiger partial charge < -0.3 is 15.2 Å². The molecule has 0 aliphatic rings. The summed E-state index contributed by atoms with van der Waals surface area (Å²) in [6.45, 7) is 4.54. The second kappa shape index (κ2) is 11.2. The Balaban J connectivity index is 1.90. The van der Waals surface area contributed by atoms with Crippen LogP contribution in [0.1, 0.15) is 43.4 Å². The van der Waals surface area contributed by atoms with Gasteiger partial charge in [-0.25, -0.2) is 0 Å². The Morgan fingerprint density at radius 2 is 1.50 bits per heavy atom. The highest BCUT2D eigenvalue weighted by Gasteiger charge is 2.14. The van der Waals surface area contributed by atoms with Crippen LogP contribution in [-0.2, 0) is 4.79 Å². The number of carbonyl (C=O) groups is 1. The van der Waals surface area contributed by atoms with Gasteiger partial charge in [0.05, 0.1) is 6.61 Å². The van der Waals surface area contributed by atoms with Crippen molar-refractivity contribution in [2.45, 2.75) is 26.7 Å². The number of phenolic OH excluding ortho intramolecular Hbond substituents is 1. The first-order valence-electron chi connectivity index (χ1n) is 11.1. The fraction of sp³-hybridized carbons (Fsp3) is 0.250. The van der Waals surface area contributed by atoms with E-state index in [9.17, 15) is 9.90 Å². The molecule has 166 valence electrons. The van der Waals surface area contributed by atoms with Gasteiger partial charge >= 0.3 is 0 Å². The molecule has 0 heterocycles. The number of amides is 1. The molecule has 3 aromatic carbocycles. The zero-order chi connectivity index (χ0) is 22.9. The van der Waals surface area contributed by atoms with Crippen LogP contribution in [0, 0.1) is 5.92 Å². The molecule has 0 aliphatic carbocycles. The number of ether oxygens (including phenoxy) is 1. The molecule has 0 aliphatic heterocycles. The van der Waals surface area contributed by atoms with E-state index in [1.54, 1.807) is 19.2 Å². The summed E-state index contributed by atoms with van der Waals surface area (Å²) in [5, 5.41) is 12.4. The third kappa shape index (κ3) is 5.79. The van der Waals surface area contributed by atoms with Crippen molar-refractivity contribution >= 4 is 17.1 Å². The molecular weight excluding hydrogens is 398 g/mol. The third-order valence-electron chi connectivity index (χ3n) is 5.59. The maximum atomic E-state index is 11.7. The molecule has 4 nitrogen and oxygen atoms in total. The highest BCUT2D eigenvalue weighted by molar-refractivity contribution is 5.98. The molecule has 0 radical (unpaired) electrons. The molecular formula is C28H31NO3. The predicted molar refractivity (Wildman–Crippen MR) is 131 cm³/mol. The minimum absolute atomic E-state index is 0.0284. The molecule has 0 saturated heterocycles. The fourth-order valence-electron chi connectivity index (χ4n) is 3.76. The van der Waals surface area contributed by atoms with Crippen molar-refractivity contribution < 1.29 is 14.6 Å². The summed E-state index contributed by atoms with van der Waals surface area (Å²) < 4.78 is 5.87. The van der Waals surface area contributed by atoms with Gasteiger partial charge in [0.1, 0.15) is 11.5 Å². The van der Waals surface area contributed by atoms with Crippen LogP contribution in [0.15, 0.2) is 78.9 Å². The molecule has 1 unspecified atom stereocenters. The van der Waals surface area contributed by atoms with Crippen molar-refractivity contribution in [1.29, 1.82) is 0 Å². The Morgan fingerprint density at radius 1 is 0.906 bits per heavy atom. The predicted octanol–water partition coefficient (Wildman–Crippen LogP) is 5.91. The maximum absolute atomic E-state index is 11.7. The number of phenols is 1. The quantitative estimate of drug-likeness (QED) is 0.416. The number of hydrogen-bond donors (Lipinski definition) is 2. The molecule has 4 heteroatoms. The number of aromatic hydroxyl groups is 1. The van der Waals surface area contributed by atoms with Gasteiger partial charge in [-0.2, -0.15) is 0 Å². The smallest absolute Gasteiger partial charge is 0.222 e. The molecule has 2 N–H and O–H groups in total. The zero-order valence-corrected chi connectivity index (χ0v) is 19.0. The molecule has 0 fully saturated rings. The van der Waals surface area contributed by atoms with Gasteiger partial charge in [0, 0.05) is 13.0 Å². The van der Waals surface area contributed by atoms with Crippen molar-refractivity contribution in [3.63, 3.8) is 0 Å². The van der Waals surface area contributed by atoms with E-state index >= 15 is 0 Å². The van der Waals surface area contributed by atoms with Gasteiger partial charge in [-0.3, -0.25) is 4.79 Å². The van der Waals surface area contributed by atoms with Crippen LogP contribution in [-0.4, -0.2) is 24.7 Å². The standard InChI is InChI=1S/C28H31NO3/c1-4-26(21-8-6-5-7-9-21)27(22-10-14-24(30)15-11-22)23-12-16-25(17-13-23)32-19-18-20(2)28(31)29-3/h5-17,20,30H,4,18-19H2,1-3H3,(H,29,31)/b27-26-. The van der Waals surface area contributed by atoms with E-state index in [0.29, 0.717) is 13.0 Å². The topological polar surface area (TPSA) is 58.6 Å². The van der Waals surface area contributed by atoms with Crippen LogP contribution >= 0.6 is 0 Å². The Kier molecular flexibility index (Phi) is 8.09. The normalized spacial score (nSPS) is 12.6. The number of carbonyl (C=O) groups excluding carboxylic acids is 1. The van der Waals surface area contributed by atoms with Crippen molar-refractivity contribution in [3.05, 3.63) is 95.6 Å². The second-order valence-corrected chi connectivity index (χ2v) is 7.80. The lowest BCUT2D eigenvalue weighted by Crippen LogP contribution is -2.26. The van der Waals surface area contributed by atoms with Crippen molar-refractivity contribution in [3.8, 4) is 11.5 Å². The molecule has 0 aromatic heterocycles. The van der Waals surface area contributed by atoms with Crippen LogP contribution in [0.2, 0.25) is 0 Å². The maximum Gasteiger partial charge on any atom is 0.222 e. The number of benzene rings is 3. The molecule has 32 heavy (non-hydrogen) atoms. The summed E-state index contributed by atoms with van der Waals surface area (Å²) in [4.78, 5) is 11.7. The van der Waals surface area contributed by atoms with E-state index in [4.69, 9.17) is 4.74 Å². The largest absolute Gasteiger partial charge is 0.508 e. The van der Waals surface area contributed by atoms with Gasteiger partial charge in [-0.15, -0.1) is 0 Å². The first-order chi connectivity index (χ1) is 15.5. The van der Waals surface area contributed by atoms with Crippen LogP contribution < -0.4 is 10.1 Å². The first-order valence-corrected chi connectivity index (χ1v) is 11.1. The van der Waals surface area contributed by atoms with Gasteiger partial charge in [0.25, 0.3) is 0 Å². The summed E-state index contributed by atoms with van der Waals surface area (Å²) in [5.41, 5.74) is 5.70. The van der Waals surface area contributed by atoms with Gasteiger partial charge in [0.2, 0.25) is 5.91 Å². The molecule has 3 aromatic rings. The minimum atomic E-state index is -0.0821. The summed E-state index contributed by atoms with van der Waals surface area (Å²) in [6, 6.07) is 25.8. The van der Waals surface area contributed by atoms with Crippen molar-refractivity contribution in [2.24, 2.45) is 5.92 Å². The Labute approximate surface area is 190 Å². The molecule has 1 atom stereocenters. The number of allylic oxidation sites excluding steroid dienone is 1. The van der Waals surface area contributed by atoms with Crippen LogP contribution in [0.3, 0.4) is 0 Å². The third-order valence-corrected chi connectivity index (χ3v) is 5.59. The lowest BCUT2D eigenvalue weighted by Gasteiger charge is -2.17. The summed E-state index contributed by atoms with van der Waals surface area (Å²) in [7, 11) is 1.65. The summed E-state index contributed by atoms with van der Waals surface area (Å²) >= 11 is 0. The van der Waals surface area contributed by atoms with Crippen LogP contribution in [0.4, 0.5) is 0 Å². The van der Waals surface area contributed by atoms with Crippen LogP contribution in [0.25, 0.3) is 11.1 Å². The first kappa shape index (κ1) is 23.1.